The second kappa shape index (κ2) is 9.38. The average molecular weight is 468 g/mol. The van der Waals surface area contributed by atoms with E-state index in [0.717, 1.165) is 34.4 Å². The summed E-state index contributed by atoms with van der Waals surface area (Å²) >= 11 is 0. The molecule has 1 aliphatic rings. The molecule has 0 bridgehead atoms. The number of carbonyl (C=O) groups is 1. The van der Waals surface area contributed by atoms with Crippen LogP contribution in [-0.2, 0) is 10.9 Å². The number of fused-ring (bicyclic) bond motifs is 3. The van der Waals surface area contributed by atoms with Crippen molar-refractivity contribution >= 4 is 17.9 Å². The smallest absolute Gasteiger partial charge is 0.416 e. The SMILES string of the molecule is O=C(NCC=Cc1ccc(C(F)(F)F)cc1[N+](=O)[O-])OCC1c2ccccc2-c2ccccc21. The molecule has 0 spiro atoms. The number of nitrogens with zero attached hydrogens (tertiary/aromatic N) is 1. The third-order valence-corrected chi connectivity index (χ3v) is 5.56. The number of nitro groups is 1. The summed E-state index contributed by atoms with van der Waals surface area (Å²) in [6.45, 7) is 0.114. The number of hydrogen-bond acceptors (Lipinski definition) is 4. The van der Waals surface area contributed by atoms with Crippen LogP contribution in [0.3, 0.4) is 0 Å². The highest BCUT2D eigenvalue weighted by Gasteiger charge is 2.32. The number of nitro benzene ring substituents is 1. The molecule has 0 radical (unpaired) electrons. The van der Waals surface area contributed by atoms with E-state index < -0.39 is 28.4 Å². The van der Waals surface area contributed by atoms with Crippen LogP contribution in [0.4, 0.5) is 23.7 Å². The number of halogens is 3. The largest absolute Gasteiger partial charge is 0.449 e. The molecule has 0 fully saturated rings. The normalized spacial score (nSPS) is 12.9. The van der Waals surface area contributed by atoms with Crippen LogP contribution < -0.4 is 5.32 Å². The maximum Gasteiger partial charge on any atom is 0.416 e. The minimum absolute atomic E-state index is 0.00710. The number of amides is 1. The van der Waals surface area contributed by atoms with Crippen molar-refractivity contribution in [2.45, 2.75) is 12.1 Å². The van der Waals surface area contributed by atoms with E-state index in [-0.39, 0.29) is 24.6 Å². The fourth-order valence-electron chi connectivity index (χ4n) is 4.00. The van der Waals surface area contributed by atoms with E-state index in [0.29, 0.717) is 6.07 Å². The molecule has 0 saturated heterocycles. The molecule has 1 aliphatic carbocycles. The lowest BCUT2D eigenvalue weighted by Crippen LogP contribution is -2.26. The van der Waals surface area contributed by atoms with E-state index in [9.17, 15) is 28.1 Å². The Balaban J connectivity index is 1.36. The van der Waals surface area contributed by atoms with Gasteiger partial charge in [-0.15, -0.1) is 0 Å². The number of carbonyl (C=O) groups excluding carboxylic acids is 1. The summed E-state index contributed by atoms with van der Waals surface area (Å²) in [5, 5.41) is 13.7. The Morgan fingerprint density at radius 1 is 1.03 bits per heavy atom. The van der Waals surface area contributed by atoms with Gasteiger partial charge < -0.3 is 10.1 Å². The van der Waals surface area contributed by atoms with Crippen molar-refractivity contribution in [2.75, 3.05) is 13.2 Å². The van der Waals surface area contributed by atoms with Crippen LogP contribution in [0, 0.1) is 10.1 Å². The van der Waals surface area contributed by atoms with Crippen LogP contribution in [0.25, 0.3) is 17.2 Å². The number of alkyl carbamates (subject to hydrolysis) is 1. The average Bonchev–Trinajstić information content (AvgIpc) is 3.13. The molecule has 0 heterocycles. The molecule has 1 amide bonds. The molecule has 3 aromatic rings. The fraction of sp³-hybridized carbons (Fsp3) is 0.160. The van der Waals surface area contributed by atoms with Crippen LogP contribution in [0.5, 0.6) is 0 Å². The number of ether oxygens (including phenoxy) is 1. The number of hydrogen-bond donors (Lipinski definition) is 1. The second-order valence-electron chi connectivity index (χ2n) is 7.64. The molecule has 9 heteroatoms. The molecular formula is C25H19F3N2O4. The zero-order valence-corrected chi connectivity index (χ0v) is 17.7. The minimum atomic E-state index is -4.68. The first-order valence-electron chi connectivity index (χ1n) is 10.4. The van der Waals surface area contributed by atoms with Gasteiger partial charge in [-0.2, -0.15) is 13.2 Å². The van der Waals surface area contributed by atoms with Gasteiger partial charge in [0, 0.05) is 18.5 Å². The number of nitrogens with one attached hydrogen (secondary N) is 1. The third-order valence-electron chi connectivity index (χ3n) is 5.56. The maximum absolute atomic E-state index is 12.8. The van der Waals surface area contributed by atoms with Gasteiger partial charge in [0.15, 0.2) is 0 Å². The van der Waals surface area contributed by atoms with Crippen LogP contribution in [-0.4, -0.2) is 24.2 Å². The quantitative estimate of drug-likeness (QED) is 0.347. The molecular weight excluding hydrogens is 449 g/mol. The van der Waals surface area contributed by atoms with Gasteiger partial charge in [-0.25, -0.2) is 4.79 Å². The molecule has 0 unspecified atom stereocenters. The number of alkyl halides is 3. The monoisotopic (exact) mass is 468 g/mol. The van der Waals surface area contributed by atoms with Gasteiger partial charge >= 0.3 is 12.3 Å². The van der Waals surface area contributed by atoms with Gasteiger partial charge in [-0.05, 0) is 34.4 Å². The zero-order valence-electron chi connectivity index (χ0n) is 17.7. The van der Waals surface area contributed by atoms with Crippen molar-refractivity contribution in [3.63, 3.8) is 0 Å². The summed E-state index contributed by atoms with van der Waals surface area (Å²) in [5.41, 5.74) is 2.58. The Morgan fingerprint density at radius 3 is 2.24 bits per heavy atom. The molecule has 34 heavy (non-hydrogen) atoms. The van der Waals surface area contributed by atoms with Crippen molar-refractivity contribution in [3.8, 4) is 11.1 Å². The zero-order chi connectivity index (χ0) is 24.3. The summed E-state index contributed by atoms with van der Waals surface area (Å²) < 4.78 is 43.8. The van der Waals surface area contributed by atoms with E-state index in [1.807, 2.05) is 48.5 Å². The van der Waals surface area contributed by atoms with Gasteiger partial charge in [0.05, 0.1) is 16.1 Å². The van der Waals surface area contributed by atoms with E-state index in [2.05, 4.69) is 5.32 Å². The summed E-state index contributed by atoms with van der Waals surface area (Å²) in [7, 11) is 0. The first kappa shape index (κ1) is 23.0. The van der Waals surface area contributed by atoms with Crippen LogP contribution in [0.15, 0.2) is 72.8 Å². The van der Waals surface area contributed by atoms with Crippen molar-refractivity contribution in [1.82, 2.24) is 5.32 Å². The Labute approximate surface area is 192 Å². The van der Waals surface area contributed by atoms with E-state index in [4.69, 9.17) is 4.74 Å². The number of benzene rings is 3. The predicted molar refractivity (Wildman–Crippen MR) is 120 cm³/mol. The van der Waals surface area contributed by atoms with Gasteiger partial charge in [0.1, 0.15) is 6.61 Å². The van der Waals surface area contributed by atoms with Crippen LogP contribution in [0.2, 0.25) is 0 Å². The van der Waals surface area contributed by atoms with Crippen LogP contribution >= 0.6 is 0 Å². The van der Waals surface area contributed by atoms with Gasteiger partial charge in [0.25, 0.3) is 5.69 Å². The van der Waals surface area contributed by atoms with E-state index in [1.165, 1.54) is 12.2 Å². The number of rotatable bonds is 6. The lowest BCUT2D eigenvalue weighted by molar-refractivity contribution is -0.385. The Kier molecular flexibility index (Phi) is 6.36. The highest BCUT2D eigenvalue weighted by Crippen LogP contribution is 2.44. The Morgan fingerprint density at radius 2 is 1.65 bits per heavy atom. The fourth-order valence-corrected chi connectivity index (χ4v) is 4.00. The molecule has 1 N–H and O–H groups in total. The maximum atomic E-state index is 12.8. The lowest BCUT2D eigenvalue weighted by Gasteiger charge is -2.14. The van der Waals surface area contributed by atoms with Crippen molar-refractivity contribution < 1.29 is 27.6 Å². The first-order valence-corrected chi connectivity index (χ1v) is 10.4. The van der Waals surface area contributed by atoms with Crippen LogP contribution in [0.1, 0.15) is 28.2 Å². The topological polar surface area (TPSA) is 81.5 Å². The van der Waals surface area contributed by atoms with E-state index in [1.54, 1.807) is 0 Å². The minimum Gasteiger partial charge on any atom is -0.449 e. The third kappa shape index (κ3) is 4.78. The van der Waals surface area contributed by atoms with Crippen molar-refractivity contribution in [1.29, 1.82) is 0 Å². The molecule has 0 aromatic heterocycles. The first-order chi connectivity index (χ1) is 16.3. The molecule has 0 saturated carbocycles. The molecule has 0 atom stereocenters. The predicted octanol–water partition coefficient (Wildman–Crippen LogP) is 6.17. The van der Waals surface area contributed by atoms with Gasteiger partial charge in [0.2, 0.25) is 0 Å². The van der Waals surface area contributed by atoms with Gasteiger partial charge in [-0.1, -0.05) is 60.7 Å². The molecule has 174 valence electrons. The highest BCUT2D eigenvalue weighted by atomic mass is 19.4. The molecule has 4 rings (SSSR count). The second-order valence-corrected chi connectivity index (χ2v) is 7.64. The Bertz CT molecular complexity index is 1230. The van der Waals surface area contributed by atoms with Crippen molar-refractivity contribution in [2.24, 2.45) is 0 Å². The lowest BCUT2D eigenvalue weighted by atomic mass is 9.98. The summed E-state index contributed by atoms with van der Waals surface area (Å²) in [6, 6.07) is 18.1. The standard InChI is InChI=1S/C25H19F3N2O4/c26-25(27,28)17-12-11-16(23(14-17)30(32)33)6-5-13-29-24(31)34-15-22-20-9-3-1-7-18(20)19-8-2-4-10-21(19)22/h1-12,14,22H,13,15H2,(H,29,31). The Hall–Kier alpha value is -4.14. The summed E-state index contributed by atoms with van der Waals surface area (Å²) in [6.07, 6.45) is -2.68. The van der Waals surface area contributed by atoms with Crippen molar-refractivity contribution in [3.05, 3.63) is 105 Å². The van der Waals surface area contributed by atoms with E-state index >= 15 is 0 Å². The molecule has 6 nitrogen and oxygen atoms in total. The summed E-state index contributed by atoms with van der Waals surface area (Å²) in [5.74, 6) is -0.0940. The summed E-state index contributed by atoms with van der Waals surface area (Å²) in [4.78, 5) is 22.4. The van der Waals surface area contributed by atoms with Gasteiger partial charge in [-0.3, -0.25) is 10.1 Å². The molecule has 3 aromatic carbocycles. The highest BCUT2D eigenvalue weighted by molar-refractivity contribution is 5.79. The molecule has 0 aliphatic heterocycles.